The van der Waals surface area contributed by atoms with Crippen molar-refractivity contribution in [3.8, 4) is 0 Å². The minimum atomic E-state index is -0.898. The Morgan fingerprint density at radius 3 is 2.60 bits per heavy atom. The zero-order valence-corrected chi connectivity index (χ0v) is 21.0. The maximum absolute atomic E-state index is 12.8. The zero-order chi connectivity index (χ0) is 25.0. The number of esters is 2. The van der Waals surface area contributed by atoms with Crippen LogP contribution >= 0.6 is 0 Å². The fourth-order valence-corrected chi connectivity index (χ4v) is 6.99. The third-order valence-corrected chi connectivity index (χ3v) is 8.93. The first-order valence-electron chi connectivity index (χ1n) is 13.0. The van der Waals surface area contributed by atoms with E-state index in [1.165, 1.54) is 12.0 Å². The van der Waals surface area contributed by atoms with Crippen LogP contribution in [-0.2, 0) is 43.1 Å². The number of rotatable bonds is 5. The molecule has 0 N–H and O–H groups in total. The average molecular weight is 496 g/mol. The van der Waals surface area contributed by atoms with Crippen molar-refractivity contribution in [1.82, 2.24) is 4.90 Å². The summed E-state index contributed by atoms with van der Waals surface area (Å²) in [5.74, 6) is -1.48. The molecule has 2 bridgehead atoms. The van der Waals surface area contributed by atoms with Gasteiger partial charge in [-0.15, -0.1) is 0 Å². The van der Waals surface area contributed by atoms with E-state index >= 15 is 0 Å². The van der Waals surface area contributed by atoms with Crippen LogP contribution in [0.15, 0.2) is 0 Å². The number of carbonyl (C=O) groups is 3. The number of ether oxygens (including phenoxy) is 4. The second-order valence-electron chi connectivity index (χ2n) is 11.0. The molecule has 5 heterocycles. The summed E-state index contributed by atoms with van der Waals surface area (Å²) in [6.45, 7) is 6.60. The van der Waals surface area contributed by atoms with Crippen LogP contribution < -0.4 is 0 Å². The van der Waals surface area contributed by atoms with Crippen molar-refractivity contribution in [3.63, 3.8) is 0 Å². The molecule has 35 heavy (non-hydrogen) atoms. The van der Waals surface area contributed by atoms with Crippen LogP contribution in [-0.4, -0.2) is 66.4 Å². The van der Waals surface area contributed by atoms with Crippen LogP contribution in [0.4, 0.5) is 0 Å². The van der Waals surface area contributed by atoms with Gasteiger partial charge in [0.15, 0.2) is 11.9 Å². The van der Waals surface area contributed by atoms with Gasteiger partial charge in [0.25, 0.3) is 0 Å². The molecule has 1 spiro atoms. The molecule has 6 rings (SSSR count). The fraction of sp³-hybridized carbons (Fsp3) is 0.880. The van der Waals surface area contributed by atoms with Crippen LogP contribution in [0.25, 0.3) is 0 Å². The smallest absolute Gasteiger partial charge is 0.328 e. The Bertz CT molecular complexity index is 866. The van der Waals surface area contributed by atoms with Crippen molar-refractivity contribution in [2.24, 2.45) is 23.7 Å². The molecule has 0 radical (unpaired) electrons. The first-order chi connectivity index (χ1) is 16.7. The second-order valence-corrected chi connectivity index (χ2v) is 11.0. The van der Waals surface area contributed by atoms with Crippen LogP contribution in [0.2, 0.25) is 0 Å². The van der Waals surface area contributed by atoms with Gasteiger partial charge < -0.3 is 23.8 Å². The SMILES string of the molecule is COC(=O)C1CCCN1C(=O)CCC(=O)O[C@@H]1O[C@@H]2O[C@@]3(C)CC[C@H]4[C@H](C)CC[C@@H]([C@H]1C)C24OO3. The van der Waals surface area contributed by atoms with Gasteiger partial charge in [0, 0.05) is 31.2 Å². The highest BCUT2D eigenvalue weighted by molar-refractivity contribution is 5.87. The maximum atomic E-state index is 12.8. The molecule has 196 valence electrons. The normalized spacial score (nSPS) is 44.3. The summed E-state index contributed by atoms with van der Waals surface area (Å²) in [6.07, 6.45) is 3.29. The highest BCUT2D eigenvalue weighted by atomic mass is 17.3. The van der Waals surface area contributed by atoms with Gasteiger partial charge in [-0.2, -0.15) is 0 Å². The molecule has 1 saturated carbocycles. The predicted octanol–water partition coefficient (Wildman–Crippen LogP) is 2.68. The predicted molar refractivity (Wildman–Crippen MR) is 119 cm³/mol. The maximum Gasteiger partial charge on any atom is 0.328 e. The van der Waals surface area contributed by atoms with Crippen LogP contribution in [0.1, 0.15) is 72.1 Å². The van der Waals surface area contributed by atoms with E-state index in [9.17, 15) is 14.4 Å². The fourth-order valence-electron chi connectivity index (χ4n) is 6.99. The minimum absolute atomic E-state index is 0.0324. The van der Waals surface area contributed by atoms with Crippen molar-refractivity contribution in [2.45, 2.75) is 102 Å². The van der Waals surface area contributed by atoms with Gasteiger partial charge in [-0.1, -0.05) is 13.8 Å². The summed E-state index contributed by atoms with van der Waals surface area (Å²) >= 11 is 0. The van der Waals surface area contributed by atoms with E-state index in [0.717, 1.165) is 25.7 Å². The number of hydrogen-bond acceptors (Lipinski definition) is 9. The van der Waals surface area contributed by atoms with E-state index in [1.807, 2.05) is 13.8 Å². The average Bonchev–Trinajstić information content (AvgIpc) is 3.22. The minimum Gasteiger partial charge on any atom is -0.467 e. The standard InChI is InChI=1S/C25H37NO9/c1-14-7-8-17-15(2)22(32-23-25(17)16(14)11-12-24(3,33-23)34-35-25)31-20(28)10-9-19(27)26-13-5-6-18(26)21(29)30-4/h14-18,22-23H,5-13H2,1-4H3/t14-,15-,16+,17+,18?,22-,23-,24-,25?/m1/s1. The van der Waals surface area contributed by atoms with Gasteiger partial charge >= 0.3 is 11.9 Å². The molecule has 9 atom stereocenters. The van der Waals surface area contributed by atoms with E-state index in [0.29, 0.717) is 25.3 Å². The number of fused-ring (bicyclic) bond motifs is 2. The van der Waals surface area contributed by atoms with Gasteiger partial charge in [-0.25, -0.2) is 14.6 Å². The molecular weight excluding hydrogens is 458 g/mol. The number of hydrogen-bond donors (Lipinski definition) is 0. The van der Waals surface area contributed by atoms with Crippen LogP contribution in [0.5, 0.6) is 0 Å². The first-order valence-corrected chi connectivity index (χ1v) is 13.0. The number of methoxy groups -OCH3 is 1. The molecule has 10 nitrogen and oxygen atoms in total. The number of amides is 1. The van der Waals surface area contributed by atoms with Crippen molar-refractivity contribution in [1.29, 1.82) is 0 Å². The monoisotopic (exact) mass is 495 g/mol. The van der Waals surface area contributed by atoms with E-state index in [1.54, 1.807) is 0 Å². The lowest BCUT2D eigenvalue weighted by atomic mass is 9.58. The molecule has 1 amide bonds. The Kier molecular flexibility index (Phi) is 6.61. The van der Waals surface area contributed by atoms with Crippen molar-refractivity contribution in [2.75, 3.05) is 13.7 Å². The summed E-state index contributed by atoms with van der Waals surface area (Å²) in [5, 5.41) is 0. The summed E-state index contributed by atoms with van der Waals surface area (Å²) in [6, 6.07) is -0.575. The van der Waals surface area contributed by atoms with Crippen molar-refractivity contribution in [3.05, 3.63) is 0 Å². The van der Waals surface area contributed by atoms with Gasteiger partial charge in [0.2, 0.25) is 18.0 Å². The summed E-state index contributed by atoms with van der Waals surface area (Å²) < 4.78 is 23.1. The highest BCUT2D eigenvalue weighted by Crippen LogP contribution is 2.60. The summed E-state index contributed by atoms with van der Waals surface area (Å²) in [4.78, 5) is 50.8. The summed E-state index contributed by atoms with van der Waals surface area (Å²) in [7, 11) is 1.31. The van der Waals surface area contributed by atoms with Gasteiger partial charge in [0.1, 0.15) is 6.04 Å². The van der Waals surface area contributed by atoms with Gasteiger partial charge in [-0.3, -0.25) is 9.59 Å². The van der Waals surface area contributed by atoms with Crippen LogP contribution in [0, 0.1) is 23.7 Å². The molecular formula is C25H37NO9. The van der Waals surface area contributed by atoms with Crippen molar-refractivity contribution >= 4 is 17.8 Å². The number of likely N-dealkylation sites (tertiary alicyclic amines) is 1. The highest BCUT2D eigenvalue weighted by Gasteiger charge is 2.69. The Morgan fingerprint density at radius 1 is 1.03 bits per heavy atom. The third-order valence-electron chi connectivity index (χ3n) is 8.93. The number of nitrogens with zero attached hydrogens (tertiary/aromatic N) is 1. The topological polar surface area (TPSA) is 110 Å². The zero-order valence-electron chi connectivity index (χ0n) is 21.0. The Hall–Kier alpha value is -1.75. The molecule has 5 saturated heterocycles. The Balaban J connectivity index is 1.24. The molecule has 1 aliphatic carbocycles. The molecule has 0 aromatic heterocycles. The molecule has 6 aliphatic rings. The Labute approximate surface area is 205 Å². The van der Waals surface area contributed by atoms with E-state index in [-0.39, 0.29) is 36.5 Å². The largest absolute Gasteiger partial charge is 0.467 e. The molecule has 10 heteroatoms. The lowest BCUT2D eigenvalue weighted by molar-refractivity contribution is -0.576. The Morgan fingerprint density at radius 2 is 1.83 bits per heavy atom. The molecule has 5 aliphatic heterocycles. The van der Waals surface area contributed by atoms with Crippen molar-refractivity contribution < 1.29 is 43.1 Å². The molecule has 0 aromatic carbocycles. The number of carbonyl (C=O) groups excluding carboxylic acids is 3. The summed E-state index contributed by atoms with van der Waals surface area (Å²) in [5.41, 5.74) is -0.718. The van der Waals surface area contributed by atoms with Gasteiger partial charge in [-0.05, 0) is 50.9 Å². The quantitative estimate of drug-likeness (QED) is 0.420. The lowest BCUT2D eigenvalue weighted by Crippen LogP contribution is -2.70. The van der Waals surface area contributed by atoms with E-state index in [2.05, 4.69) is 6.92 Å². The third kappa shape index (κ3) is 4.16. The second kappa shape index (κ2) is 9.28. The van der Waals surface area contributed by atoms with Crippen LogP contribution in [0.3, 0.4) is 0 Å². The molecule has 0 aromatic rings. The molecule has 6 fully saturated rings. The van der Waals surface area contributed by atoms with Gasteiger partial charge in [0.05, 0.1) is 13.5 Å². The van der Waals surface area contributed by atoms with E-state index < -0.39 is 41.9 Å². The lowest BCUT2D eigenvalue weighted by Gasteiger charge is -2.59. The molecule has 2 unspecified atom stereocenters. The van der Waals surface area contributed by atoms with E-state index in [4.69, 9.17) is 28.7 Å². The first kappa shape index (κ1) is 24.9.